The van der Waals surface area contributed by atoms with Crippen LogP contribution in [0.1, 0.15) is 47.2 Å². The van der Waals surface area contributed by atoms with Crippen molar-refractivity contribution in [3.8, 4) is 11.1 Å². The summed E-state index contributed by atoms with van der Waals surface area (Å²) < 4.78 is 1.33. The number of hydrogen-bond donors (Lipinski definition) is 0. The minimum absolute atomic E-state index is 0.0392. The topological polar surface area (TPSA) is 3.24 Å². The van der Waals surface area contributed by atoms with Crippen molar-refractivity contribution < 1.29 is 0 Å². The van der Waals surface area contributed by atoms with Gasteiger partial charge in [0, 0.05) is 16.8 Å². The summed E-state index contributed by atoms with van der Waals surface area (Å²) in [6, 6.07) is 31.5. The highest BCUT2D eigenvalue weighted by atomic mass is 127. The van der Waals surface area contributed by atoms with Crippen molar-refractivity contribution in [2.75, 3.05) is 4.81 Å². The maximum atomic E-state index is 2.57. The van der Waals surface area contributed by atoms with E-state index < -0.39 is 0 Å². The van der Waals surface area contributed by atoms with Crippen LogP contribution in [0.5, 0.6) is 0 Å². The first-order valence-electron chi connectivity index (χ1n) is 13.0. The molecule has 4 aromatic rings. The fraction of sp³-hybridized carbons (Fsp3) is 0.176. The molecular formula is C34H31BIN. The van der Waals surface area contributed by atoms with Crippen molar-refractivity contribution in [1.82, 2.24) is 0 Å². The van der Waals surface area contributed by atoms with Crippen molar-refractivity contribution >= 4 is 46.3 Å². The van der Waals surface area contributed by atoms with Gasteiger partial charge in [0.1, 0.15) is 0 Å². The molecule has 1 aliphatic heterocycles. The Balaban J connectivity index is 1.59. The number of anilines is 1. The molecule has 0 amide bonds. The van der Waals surface area contributed by atoms with Crippen molar-refractivity contribution in [3.63, 3.8) is 0 Å². The van der Waals surface area contributed by atoms with Gasteiger partial charge in [-0.2, -0.15) is 0 Å². The van der Waals surface area contributed by atoms with Crippen LogP contribution in [0.4, 0.5) is 5.69 Å². The summed E-state index contributed by atoms with van der Waals surface area (Å²) in [6.45, 7) is 11.6. The lowest BCUT2D eigenvalue weighted by atomic mass is 9.50. The SMILES string of the molecule is Cc1cc(C)c(B2C(I)=CC=C(c3ccccc3)N2c2ccc3c(c2)C(C)(C)c2ccccc2-3)c(C)c1. The van der Waals surface area contributed by atoms with Crippen LogP contribution in [0.2, 0.25) is 0 Å². The van der Waals surface area contributed by atoms with Crippen LogP contribution in [0.25, 0.3) is 16.8 Å². The van der Waals surface area contributed by atoms with Gasteiger partial charge in [-0.05, 0) is 75.7 Å². The Kier molecular flexibility index (Phi) is 5.95. The number of fused-ring (bicyclic) bond motifs is 3. The van der Waals surface area contributed by atoms with E-state index in [4.69, 9.17) is 0 Å². The maximum absolute atomic E-state index is 2.57. The Morgan fingerprint density at radius 1 is 0.703 bits per heavy atom. The van der Waals surface area contributed by atoms with Crippen LogP contribution in [-0.2, 0) is 5.41 Å². The molecule has 37 heavy (non-hydrogen) atoms. The summed E-state index contributed by atoms with van der Waals surface area (Å²) in [7, 11) is 0. The first-order chi connectivity index (χ1) is 17.8. The standard InChI is InChI=1S/C34H31BIN/c1-22-19-23(2)33(24(3)20-22)35-32(36)18-17-31(25-11-7-6-8-12-25)37(35)26-15-16-28-27-13-9-10-14-29(27)34(4,5)30(28)21-26/h6-21H,1-5H3. The third-order valence-corrected chi connectivity index (χ3v) is 9.06. The summed E-state index contributed by atoms with van der Waals surface area (Å²) in [5.74, 6) is 0. The number of rotatable bonds is 3. The van der Waals surface area contributed by atoms with E-state index in [2.05, 4.69) is 159 Å². The normalized spacial score (nSPS) is 15.7. The number of nitrogens with zero attached hydrogens (tertiary/aromatic N) is 1. The Morgan fingerprint density at radius 2 is 1.35 bits per heavy atom. The summed E-state index contributed by atoms with van der Waals surface area (Å²) in [5, 5.41) is 0. The van der Waals surface area contributed by atoms with Crippen molar-refractivity contribution in [1.29, 1.82) is 0 Å². The molecule has 0 N–H and O–H groups in total. The molecule has 0 spiro atoms. The van der Waals surface area contributed by atoms with Crippen LogP contribution in [0.3, 0.4) is 0 Å². The Labute approximate surface area is 235 Å². The fourth-order valence-electron chi connectivity index (χ4n) is 6.46. The van der Waals surface area contributed by atoms with Gasteiger partial charge < -0.3 is 4.81 Å². The Bertz CT molecular complexity index is 1570. The molecule has 182 valence electrons. The molecule has 0 unspecified atom stereocenters. The van der Waals surface area contributed by atoms with Gasteiger partial charge in [-0.25, -0.2) is 0 Å². The van der Waals surface area contributed by atoms with E-state index in [1.54, 1.807) is 0 Å². The molecule has 0 saturated heterocycles. The van der Waals surface area contributed by atoms with Crippen LogP contribution in [0.15, 0.2) is 101 Å². The molecule has 2 aliphatic rings. The van der Waals surface area contributed by atoms with Gasteiger partial charge in [-0.3, -0.25) is 0 Å². The first-order valence-corrected chi connectivity index (χ1v) is 14.1. The highest BCUT2D eigenvalue weighted by Gasteiger charge is 2.39. The number of halogens is 1. The van der Waals surface area contributed by atoms with E-state index in [1.165, 1.54) is 64.8 Å². The van der Waals surface area contributed by atoms with E-state index >= 15 is 0 Å². The predicted molar refractivity (Wildman–Crippen MR) is 169 cm³/mol. The molecule has 1 heterocycles. The molecule has 6 rings (SSSR count). The van der Waals surface area contributed by atoms with E-state index in [0.29, 0.717) is 0 Å². The second kappa shape index (κ2) is 9.06. The molecule has 1 aliphatic carbocycles. The highest BCUT2D eigenvalue weighted by molar-refractivity contribution is 14.1. The third kappa shape index (κ3) is 3.90. The van der Waals surface area contributed by atoms with Gasteiger partial charge in [0.15, 0.2) is 0 Å². The first kappa shape index (κ1) is 24.3. The Hall–Kier alpha value is -3.05. The summed E-state index contributed by atoms with van der Waals surface area (Å²) in [4.78, 5) is 2.57. The van der Waals surface area contributed by atoms with Crippen LogP contribution in [-0.4, -0.2) is 6.85 Å². The van der Waals surface area contributed by atoms with Crippen LogP contribution < -0.4 is 10.3 Å². The lowest BCUT2D eigenvalue weighted by Gasteiger charge is -2.38. The maximum Gasteiger partial charge on any atom is 0.335 e. The molecule has 0 bridgehead atoms. The molecule has 4 aromatic carbocycles. The van der Waals surface area contributed by atoms with E-state index in [9.17, 15) is 0 Å². The van der Waals surface area contributed by atoms with Crippen LogP contribution >= 0.6 is 22.6 Å². The molecule has 0 saturated carbocycles. The molecule has 0 fully saturated rings. The molecule has 0 atom stereocenters. The average Bonchev–Trinajstić information content (AvgIpc) is 3.11. The van der Waals surface area contributed by atoms with Gasteiger partial charge in [-0.15, -0.1) is 0 Å². The van der Waals surface area contributed by atoms with E-state index in [0.717, 1.165) is 0 Å². The molecule has 0 aromatic heterocycles. The van der Waals surface area contributed by atoms with E-state index in [-0.39, 0.29) is 12.3 Å². The molecule has 3 heteroatoms. The summed E-state index contributed by atoms with van der Waals surface area (Å²) >= 11 is 2.55. The largest absolute Gasteiger partial charge is 0.376 e. The highest BCUT2D eigenvalue weighted by Crippen LogP contribution is 2.50. The number of hydrogen-bond acceptors (Lipinski definition) is 1. The van der Waals surface area contributed by atoms with Crippen molar-refractivity contribution in [3.05, 3.63) is 134 Å². The summed E-state index contributed by atoms with van der Waals surface area (Å²) in [6.07, 6.45) is 4.59. The zero-order chi connectivity index (χ0) is 25.9. The summed E-state index contributed by atoms with van der Waals surface area (Å²) in [5.41, 5.74) is 14.6. The smallest absolute Gasteiger partial charge is 0.335 e. The molecular weight excluding hydrogens is 560 g/mol. The second-order valence-corrected chi connectivity index (χ2v) is 12.2. The number of benzene rings is 4. The zero-order valence-electron chi connectivity index (χ0n) is 22.1. The monoisotopic (exact) mass is 591 g/mol. The van der Waals surface area contributed by atoms with E-state index in [1.807, 2.05) is 0 Å². The molecule has 1 nitrogen and oxygen atoms in total. The molecule has 0 radical (unpaired) electrons. The van der Waals surface area contributed by atoms with Crippen LogP contribution in [0, 0.1) is 20.8 Å². The van der Waals surface area contributed by atoms with Gasteiger partial charge >= 0.3 is 6.85 Å². The number of aryl methyl sites for hydroxylation is 3. The predicted octanol–water partition coefficient (Wildman–Crippen LogP) is 8.54. The van der Waals surface area contributed by atoms with Crippen molar-refractivity contribution in [2.24, 2.45) is 0 Å². The lowest BCUT2D eigenvalue weighted by Crippen LogP contribution is -2.51. The van der Waals surface area contributed by atoms with Gasteiger partial charge in [-0.1, -0.05) is 132 Å². The van der Waals surface area contributed by atoms with Gasteiger partial charge in [0.25, 0.3) is 0 Å². The zero-order valence-corrected chi connectivity index (χ0v) is 24.3. The van der Waals surface area contributed by atoms with Gasteiger partial charge in [0.2, 0.25) is 0 Å². The van der Waals surface area contributed by atoms with Crippen molar-refractivity contribution in [2.45, 2.75) is 40.0 Å². The third-order valence-electron chi connectivity index (χ3n) is 8.11. The quantitative estimate of drug-likeness (QED) is 0.171. The average molecular weight is 591 g/mol. The minimum Gasteiger partial charge on any atom is -0.376 e. The number of allylic oxidation sites excluding steroid dienone is 2. The Morgan fingerprint density at radius 3 is 2.08 bits per heavy atom. The lowest BCUT2D eigenvalue weighted by molar-refractivity contribution is 0.660. The van der Waals surface area contributed by atoms with Gasteiger partial charge in [0.05, 0.1) is 0 Å². The second-order valence-electron chi connectivity index (χ2n) is 11.0. The fourth-order valence-corrected chi connectivity index (χ4v) is 7.23. The minimum atomic E-state index is -0.0392.